The summed E-state index contributed by atoms with van der Waals surface area (Å²) in [6.45, 7) is 1.99. The average Bonchev–Trinajstić information content (AvgIpc) is 3.29. The molecule has 1 atom stereocenters. The van der Waals surface area contributed by atoms with Gasteiger partial charge in [-0.2, -0.15) is 5.10 Å². The van der Waals surface area contributed by atoms with Gasteiger partial charge in [0.1, 0.15) is 5.75 Å². The first-order valence-electron chi connectivity index (χ1n) is 10.0. The number of halogens is 2. The van der Waals surface area contributed by atoms with E-state index in [2.05, 4.69) is 5.10 Å². The van der Waals surface area contributed by atoms with Crippen LogP contribution in [0.4, 0.5) is 0 Å². The van der Waals surface area contributed by atoms with Gasteiger partial charge in [-0.15, -0.1) is 0 Å². The van der Waals surface area contributed by atoms with E-state index >= 15 is 0 Å². The number of carbonyl (C=O) groups excluding carboxylic acids is 1. The van der Waals surface area contributed by atoms with Crippen LogP contribution in [-0.4, -0.2) is 22.4 Å². The molecule has 4 aromatic rings. The molecule has 0 bridgehead atoms. The molecule has 0 aliphatic heterocycles. The van der Waals surface area contributed by atoms with Crippen LogP contribution in [-0.2, 0) is 9.53 Å². The zero-order valence-corrected chi connectivity index (χ0v) is 18.8. The number of nitrogens with zero attached hydrogens (tertiary/aromatic N) is 2. The Balaban J connectivity index is 1.77. The van der Waals surface area contributed by atoms with E-state index in [1.54, 1.807) is 60.3 Å². The van der Waals surface area contributed by atoms with Gasteiger partial charge in [-0.25, -0.2) is 9.48 Å². The van der Waals surface area contributed by atoms with Crippen molar-refractivity contribution >= 4 is 29.2 Å². The van der Waals surface area contributed by atoms with Crippen molar-refractivity contribution in [3.05, 3.63) is 101 Å². The van der Waals surface area contributed by atoms with Gasteiger partial charge in [0, 0.05) is 21.2 Å². The third-order valence-electron chi connectivity index (χ3n) is 4.78. The van der Waals surface area contributed by atoms with E-state index in [9.17, 15) is 4.79 Å². The second-order valence-corrected chi connectivity index (χ2v) is 7.78. The minimum absolute atomic E-state index is 0.237. The molecule has 0 saturated heterocycles. The minimum atomic E-state index is -0.972. The Morgan fingerprint density at radius 2 is 1.69 bits per heavy atom. The highest BCUT2D eigenvalue weighted by Gasteiger charge is 2.26. The highest BCUT2D eigenvalue weighted by atomic mass is 35.5. The molecular formula is C25H20Cl2N2O3. The van der Waals surface area contributed by atoms with E-state index in [0.717, 1.165) is 11.4 Å². The predicted octanol–water partition coefficient (Wildman–Crippen LogP) is 6.53. The number of benzene rings is 3. The Bertz CT molecular complexity index is 1210. The first kappa shape index (κ1) is 21.9. The summed E-state index contributed by atoms with van der Waals surface area (Å²) in [5.74, 6) is -0.0210. The Morgan fingerprint density at radius 1 is 0.969 bits per heavy atom. The Hall–Kier alpha value is -3.28. The Morgan fingerprint density at radius 3 is 2.41 bits per heavy atom. The molecule has 162 valence electrons. The number of carbonyl (C=O) groups is 1. The van der Waals surface area contributed by atoms with Crippen molar-refractivity contribution in [1.82, 2.24) is 9.78 Å². The third kappa shape index (κ3) is 4.79. The van der Waals surface area contributed by atoms with Gasteiger partial charge in [-0.3, -0.25) is 0 Å². The van der Waals surface area contributed by atoms with Crippen molar-refractivity contribution in [2.45, 2.75) is 13.0 Å². The van der Waals surface area contributed by atoms with E-state index in [1.807, 2.05) is 36.4 Å². The molecule has 3 aromatic carbocycles. The molecule has 0 fully saturated rings. The summed E-state index contributed by atoms with van der Waals surface area (Å²) in [5.41, 5.74) is 2.98. The highest BCUT2D eigenvalue weighted by Crippen LogP contribution is 2.36. The molecule has 0 amide bonds. The summed E-state index contributed by atoms with van der Waals surface area (Å²) in [6, 6.07) is 23.7. The molecular weight excluding hydrogens is 447 g/mol. The highest BCUT2D eigenvalue weighted by molar-refractivity contribution is 6.31. The zero-order chi connectivity index (χ0) is 22.5. The maximum absolute atomic E-state index is 12.8. The lowest BCUT2D eigenvalue weighted by Crippen LogP contribution is -2.21. The predicted molar refractivity (Wildman–Crippen MR) is 125 cm³/mol. The number of esters is 1. The van der Waals surface area contributed by atoms with Crippen molar-refractivity contribution < 1.29 is 14.3 Å². The van der Waals surface area contributed by atoms with E-state index in [1.165, 1.54) is 0 Å². The van der Waals surface area contributed by atoms with Crippen LogP contribution in [0.5, 0.6) is 5.75 Å². The van der Waals surface area contributed by atoms with Crippen molar-refractivity contribution in [3.63, 3.8) is 0 Å². The van der Waals surface area contributed by atoms with E-state index in [-0.39, 0.29) is 6.61 Å². The van der Waals surface area contributed by atoms with Gasteiger partial charge in [-0.05, 0) is 55.5 Å². The van der Waals surface area contributed by atoms with Crippen molar-refractivity contribution in [2.75, 3.05) is 6.61 Å². The molecule has 1 aromatic heterocycles. The van der Waals surface area contributed by atoms with Crippen molar-refractivity contribution in [3.8, 4) is 22.7 Å². The van der Waals surface area contributed by atoms with Gasteiger partial charge in [0.05, 0.1) is 24.2 Å². The van der Waals surface area contributed by atoms with Gasteiger partial charge in [0.25, 0.3) is 0 Å². The Labute approximate surface area is 196 Å². The molecule has 1 heterocycles. The first-order valence-corrected chi connectivity index (χ1v) is 10.8. The lowest BCUT2D eigenvalue weighted by atomic mass is 10.1. The smallest absolute Gasteiger partial charge is 0.352 e. The lowest BCUT2D eigenvalue weighted by Gasteiger charge is -2.20. The van der Waals surface area contributed by atoms with Gasteiger partial charge in [-0.1, -0.05) is 53.5 Å². The number of rotatable bonds is 7. The summed E-state index contributed by atoms with van der Waals surface area (Å²) in [5, 5.41) is 5.56. The fraction of sp³-hybridized carbons (Fsp3) is 0.120. The largest absolute Gasteiger partial charge is 0.473 e. The molecule has 1 unspecified atom stereocenters. The summed E-state index contributed by atoms with van der Waals surface area (Å²) in [6.07, 6.45) is 0.731. The monoisotopic (exact) mass is 466 g/mol. The Kier molecular flexibility index (Phi) is 6.78. The van der Waals surface area contributed by atoms with Crippen LogP contribution in [0, 0.1) is 0 Å². The quantitative estimate of drug-likeness (QED) is 0.290. The molecule has 0 aliphatic rings. The van der Waals surface area contributed by atoms with E-state index < -0.39 is 12.1 Å². The summed E-state index contributed by atoms with van der Waals surface area (Å²) in [7, 11) is 0. The maximum atomic E-state index is 12.8. The summed E-state index contributed by atoms with van der Waals surface area (Å²) < 4.78 is 13.3. The first-order chi connectivity index (χ1) is 15.6. The van der Waals surface area contributed by atoms with Crippen LogP contribution in [0.25, 0.3) is 16.9 Å². The van der Waals surface area contributed by atoms with Crippen LogP contribution in [0.15, 0.2) is 85.1 Å². The zero-order valence-electron chi connectivity index (χ0n) is 17.2. The molecule has 0 N–H and O–H groups in total. The molecule has 32 heavy (non-hydrogen) atoms. The third-order valence-corrected chi connectivity index (χ3v) is 5.27. The van der Waals surface area contributed by atoms with Gasteiger partial charge < -0.3 is 9.47 Å². The van der Waals surface area contributed by atoms with Gasteiger partial charge >= 0.3 is 5.97 Å². The molecule has 0 radical (unpaired) electrons. The SMILES string of the molecule is CCOC(=O)C(Oc1ccc(Cl)cc1-c1ccnn1-c1ccccc1)c1ccc(Cl)cc1. The summed E-state index contributed by atoms with van der Waals surface area (Å²) >= 11 is 12.3. The molecule has 7 heteroatoms. The van der Waals surface area contributed by atoms with Crippen LogP contribution in [0.3, 0.4) is 0 Å². The van der Waals surface area contributed by atoms with Crippen LogP contribution < -0.4 is 4.74 Å². The molecule has 0 spiro atoms. The molecule has 5 nitrogen and oxygen atoms in total. The van der Waals surface area contributed by atoms with Gasteiger partial charge in [0.15, 0.2) is 0 Å². The number of aromatic nitrogens is 2. The van der Waals surface area contributed by atoms with E-state index in [0.29, 0.717) is 26.9 Å². The maximum Gasteiger partial charge on any atom is 0.352 e. The topological polar surface area (TPSA) is 53.4 Å². The number of hydrogen-bond acceptors (Lipinski definition) is 4. The van der Waals surface area contributed by atoms with E-state index in [4.69, 9.17) is 32.7 Å². The minimum Gasteiger partial charge on any atom is -0.473 e. The lowest BCUT2D eigenvalue weighted by molar-refractivity contribution is -0.151. The van der Waals surface area contributed by atoms with Crippen molar-refractivity contribution in [2.24, 2.45) is 0 Å². The van der Waals surface area contributed by atoms with Crippen LogP contribution >= 0.6 is 23.2 Å². The normalized spacial score (nSPS) is 11.7. The second kappa shape index (κ2) is 9.90. The molecule has 0 saturated carbocycles. The fourth-order valence-corrected chi connectivity index (χ4v) is 3.62. The molecule has 0 aliphatic carbocycles. The average molecular weight is 467 g/mol. The van der Waals surface area contributed by atoms with Crippen molar-refractivity contribution in [1.29, 1.82) is 0 Å². The summed E-state index contributed by atoms with van der Waals surface area (Å²) in [4.78, 5) is 12.8. The molecule has 4 rings (SSSR count). The number of hydrogen-bond donors (Lipinski definition) is 0. The van der Waals surface area contributed by atoms with Crippen LogP contribution in [0.1, 0.15) is 18.6 Å². The number of ether oxygens (including phenoxy) is 2. The number of para-hydroxylation sites is 1. The van der Waals surface area contributed by atoms with Crippen LogP contribution in [0.2, 0.25) is 10.0 Å². The second-order valence-electron chi connectivity index (χ2n) is 6.91. The van der Waals surface area contributed by atoms with Gasteiger partial charge in [0.2, 0.25) is 6.10 Å². The standard InChI is InChI=1S/C25H20Cl2N2O3/c1-2-31-25(30)24(17-8-10-18(26)11-9-17)32-23-13-12-19(27)16-21(23)22-14-15-28-29(22)20-6-4-3-5-7-20/h3-16,24H,2H2,1H3. The fourth-order valence-electron chi connectivity index (χ4n) is 3.32.